The summed E-state index contributed by atoms with van der Waals surface area (Å²) in [6, 6.07) is 5.87. The van der Waals surface area contributed by atoms with E-state index in [1.165, 1.54) is 12.8 Å². The highest BCUT2D eigenvalue weighted by molar-refractivity contribution is 5.88. The zero-order chi connectivity index (χ0) is 12.6. The third kappa shape index (κ3) is 2.43. The highest BCUT2D eigenvalue weighted by Crippen LogP contribution is 2.36. The van der Waals surface area contributed by atoms with Crippen LogP contribution in [0.2, 0.25) is 0 Å². The van der Waals surface area contributed by atoms with Crippen LogP contribution in [0.15, 0.2) is 18.2 Å². The third-order valence-corrected chi connectivity index (χ3v) is 3.74. The largest absolute Gasteiger partial charge is 0.478 e. The van der Waals surface area contributed by atoms with E-state index in [1.54, 1.807) is 12.1 Å². The van der Waals surface area contributed by atoms with Gasteiger partial charge in [-0.1, -0.05) is 0 Å². The summed E-state index contributed by atoms with van der Waals surface area (Å²) in [5.41, 5.74) is 2.52. The van der Waals surface area contributed by atoms with Crippen molar-refractivity contribution in [3.05, 3.63) is 29.3 Å². The SMILES string of the molecule is Cc1cc(C(=O)O)ccc1N(C)C(C)C1CC1. The minimum atomic E-state index is -0.863. The molecular formula is C14H19NO2. The standard InChI is InChI=1S/C14H19NO2/c1-9-8-12(14(16)17)6-7-13(9)15(3)10(2)11-4-5-11/h6-8,10-11H,4-5H2,1-3H3,(H,16,17). The van der Waals surface area contributed by atoms with E-state index in [-0.39, 0.29) is 0 Å². The van der Waals surface area contributed by atoms with Crippen molar-refractivity contribution in [3.8, 4) is 0 Å². The van der Waals surface area contributed by atoms with Crippen LogP contribution in [-0.4, -0.2) is 24.2 Å². The Hall–Kier alpha value is -1.51. The predicted molar refractivity (Wildman–Crippen MR) is 68.7 cm³/mol. The minimum absolute atomic E-state index is 0.360. The maximum absolute atomic E-state index is 10.9. The van der Waals surface area contributed by atoms with Crippen LogP contribution < -0.4 is 4.90 Å². The Morgan fingerprint density at radius 3 is 2.59 bits per heavy atom. The van der Waals surface area contributed by atoms with Gasteiger partial charge in [0.15, 0.2) is 0 Å². The molecule has 1 aromatic rings. The molecule has 1 fully saturated rings. The average molecular weight is 233 g/mol. The molecule has 0 radical (unpaired) electrons. The van der Waals surface area contributed by atoms with Gasteiger partial charge < -0.3 is 10.0 Å². The zero-order valence-electron chi connectivity index (χ0n) is 10.6. The fourth-order valence-electron chi connectivity index (χ4n) is 2.30. The van der Waals surface area contributed by atoms with Crippen LogP contribution in [0.4, 0.5) is 5.69 Å². The minimum Gasteiger partial charge on any atom is -0.478 e. The monoisotopic (exact) mass is 233 g/mol. The summed E-state index contributed by atoms with van der Waals surface area (Å²) in [5, 5.41) is 8.93. The molecule has 1 aliphatic carbocycles. The number of carboxylic acids is 1. The van der Waals surface area contributed by atoms with Gasteiger partial charge in [-0.3, -0.25) is 0 Å². The molecule has 1 saturated carbocycles. The van der Waals surface area contributed by atoms with Crippen molar-refractivity contribution in [3.63, 3.8) is 0 Å². The molecule has 1 unspecified atom stereocenters. The fraction of sp³-hybridized carbons (Fsp3) is 0.500. The average Bonchev–Trinajstić information content (AvgIpc) is 3.10. The maximum Gasteiger partial charge on any atom is 0.335 e. The molecule has 0 aliphatic heterocycles. The molecule has 0 spiro atoms. The van der Waals surface area contributed by atoms with E-state index in [9.17, 15) is 4.79 Å². The summed E-state index contributed by atoms with van der Waals surface area (Å²) in [6.45, 7) is 4.21. The number of carbonyl (C=O) groups is 1. The van der Waals surface area contributed by atoms with Crippen molar-refractivity contribution in [1.82, 2.24) is 0 Å². The Labute approximate surface area is 102 Å². The molecule has 0 heterocycles. The number of carboxylic acid groups (broad SMARTS) is 1. The Kier molecular flexibility index (Phi) is 3.09. The number of benzene rings is 1. The molecule has 1 atom stereocenters. The molecule has 17 heavy (non-hydrogen) atoms. The van der Waals surface area contributed by atoms with Gasteiger partial charge in [-0.05, 0) is 56.4 Å². The van der Waals surface area contributed by atoms with Crippen LogP contribution in [0.3, 0.4) is 0 Å². The fourth-order valence-corrected chi connectivity index (χ4v) is 2.30. The van der Waals surface area contributed by atoms with Crippen molar-refractivity contribution < 1.29 is 9.90 Å². The lowest BCUT2D eigenvalue weighted by Crippen LogP contribution is -2.31. The van der Waals surface area contributed by atoms with Crippen LogP contribution in [-0.2, 0) is 0 Å². The summed E-state index contributed by atoms with van der Waals surface area (Å²) in [4.78, 5) is 13.1. The van der Waals surface area contributed by atoms with Crippen molar-refractivity contribution in [1.29, 1.82) is 0 Å². The Morgan fingerprint density at radius 2 is 2.12 bits per heavy atom. The second kappa shape index (κ2) is 4.40. The van der Waals surface area contributed by atoms with Gasteiger partial charge in [0.2, 0.25) is 0 Å². The normalized spacial score (nSPS) is 16.6. The van der Waals surface area contributed by atoms with E-state index in [4.69, 9.17) is 5.11 Å². The predicted octanol–water partition coefficient (Wildman–Crippen LogP) is 2.93. The molecule has 3 heteroatoms. The number of hydrogen-bond donors (Lipinski definition) is 1. The first-order valence-corrected chi connectivity index (χ1v) is 6.07. The number of aromatic carboxylic acids is 1. The van der Waals surface area contributed by atoms with Gasteiger partial charge in [0.1, 0.15) is 0 Å². The van der Waals surface area contributed by atoms with Gasteiger partial charge in [-0.15, -0.1) is 0 Å². The van der Waals surface area contributed by atoms with Crippen LogP contribution in [0.25, 0.3) is 0 Å². The van der Waals surface area contributed by atoms with Gasteiger partial charge in [0.25, 0.3) is 0 Å². The van der Waals surface area contributed by atoms with Gasteiger partial charge in [0.05, 0.1) is 5.56 Å². The van der Waals surface area contributed by atoms with E-state index < -0.39 is 5.97 Å². The molecule has 1 aromatic carbocycles. The van der Waals surface area contributed by atoms with Crippen molar-refractivity contribution in [2.24, 2.45) is 5.92 Å². The van der Waals surface area contributed by atoms with E-state index >= 15 is 0 Å². The van der Waals surface area contributed by atoms with Gasteiger partial charge >= 0.3 is 5.97 Å². The Balaban J connectivity index is 2.23. The first-order valence-electron chi connectivity index (χ1n) is 6.07. The van der Waals surface area contributed by atoms with Crippen molar-refractivity contribution in [2.75, 3.05) is 11.9 Å². The number of nitrogens with zero attached hydrogens (tertiary/aromatic N) is 1. The summed E-state index contributed by atoms with van der Waals surface area (Å²) >= 11 is 0. The second-order valence-corrected chi connectivity index (χ2v) is 5.00. The van der Waals surface area contributed by atoms with Gasteiger partial charge in [-0.2, -0.15) is 0 Å². The highest BCUT2D eigenvalue weighted by atomic mass is 16.4. The molecule has 1 N–H and O–H groups in total. The Bertz CT molecular complexity index is 438. The molecule has 0 saturated heterocycles. The lowest BCUT2D eigenvalue weighted by atomic mass is 10.1. The number of anilines is 1. The molecule has 0 amide bonds. The summed E-state index contributed by atoms with van der Waals surface area (Å²) in [5.74, 6) is -0.0592. The van der Waals surface area contributed by atoms with Crippen molar-refractivity contribution in [2.45, 2.75) is 32.7 Å². The van der Waals surface area contributed by atoms with Crippen LogP contribution in [0.5, 0.6) is 0 Å². The first-order chi connectivity index (χ1) is 8.00. The van der Waals surface area contributed by atoms with E-state index in [0.717, 1.165) is 17.2 Å². The third-order valence-electron chi connectivity index (χ3n) is 3.74. The van der Waals surface area contributed by atoms with Crippen molar-refractivity contribution >= 4 is 11.7 Å². The summed E-state index contributed by atoms with van der Waals surface area (Å²) in [7, 11) is 2.09. The van der Waals surface area contributed by atoms with Gasteiger partial charge in [0, 0.05) is 18.8 Å². The molecule has 92 valence electrons. The number of rotatable bonds is 4. The smallest absolute Gasteiger partial charge is 0.335 e. The summed E-state index contributed by atoms with van der Waals surface area (Å²) < 4.78 is 0. The topological polar surface area (TPSA) is 40.5 Å². The maximum atomic E-state index is 10.9. The molecule has 1 aliphatic rings. The molecule has 2 rings (SSSR count). The Morgan fingerprint density at radius 1 is 1.47 bits per heavy atom. The zero-order valence-corrected chi connectivity index (χ0v) is 10.6. The van der Waals surface area contributed by atoms with E-state index in [1.807, 2.05) is 13.0 Å². The van der Waals surface area contributed by atoms with Crippen LogP contribution in [0, 0.1) is 12.8 Å². The first kappa shape index (κ1) is 12.0. The number of aryl methyl sites for hydroxylation is 1. The molecule has 0 bridgehead atoms. The second-order valence-electron chi connectivity index (χ2n) is 5.00. The quantitative estimate of drug-likeness (QED) is 0.869. The van der Waals surface area contributed by atoms with E-state index in [2.05, 4.69) is 18.9 Å². The van der Waals surface area contributed by atoms with Crippen LogP contribution in [0.1, 0.15) is 35.7 Å². The van der Waals surface area contributed by atoms with Crippen LogP contribution >= 0.6 is 0 Å². The molecular weight excluding hydrogens is 214 g/mol. The number of hydrogen-bond acceptors (Lipinski definition) is 2. The lowest BCUT2D eigenvalue weighted by molar-refractivity contribution is 0.0697. The molecule has 3 nitrogen and oxygen atoms in total. The lowest BCUT2D eigenvalue weighted by Gasteiger charge is -2.28. The summed E-state index contributed by atoms with van der Waals surface area (Å²) in [6.07, 6.45) is 2.63. The highest BCUT2D eigenvalue weighted by Gasteiger charge is 2.31. The van der Waals surface area contributed by atoms with Gasteiger partial charge in [-0.25, -0.2) is 4.79 Å². The molecule has 0 aromatic heterocycles. The van der Waals surface area contributed by atoms with E-state index in [0.29, 0.717) is 11.6 Å².